The molecule has 1 aliphatic carbocycles. The molecule has 3 nitrogen and oxygen atoms in total. The standard InChI is InChI=1S/C14H27N3/c1-11(2)8-17(12(3)4)10-14(9-15,16-5)13-6-7-13/h11-13,16H,6-8,10H2,1-5H3. The number of nitrogens with one attached hydrogen (secondary N) is 1. The molecule has 0 saturated heterocycles. The molecule has 1 fully saturated rings. The van der Waals surface area contributed by atoms with Gasteiger partial charge in [-0.25, -0.2) is 0 Å². The summed E-state index contributed by atoms with van der Waals surface area (Å²) in [6.07, 6.45) is 2.39. The van der Waals surface area contributed by atoms with Crippen molar-refractivity contribution in [3.8, 4) is 6.07 Å². The Morgan fingerprint density at radius 1 is 1.35 bits per heavy atom. The van der Waals surface area contributed by atoms with Crippen LogP contribution in [0.15, 0.2) is 0 Å². The Morgan fingerprint density at radius 2 is 1.94 bits per heavy atom. The molecule has 1 aliphatic rings. The highest BCUT2D eigenvalue weighted by Crippen LogP contribution is 2.40. The SMILES string of the molecule is CNC(C#N)(CN(CC(C)C)C(C)C)C1CC1. The first-order valence-corrected chi connectivity index (χ1v) is 6.79. The molecule has 0 amide bonds. The molecule has 0 bridgehead atoms. The average Bonchev–Trinajstić information content (AvgIpc) is 3.08. The maximum atomic E-state index is 9.51. The molecule has 1 saturated carbocycles. The van der Waals surface area contributed by atoms with Crippen molar-refractivity contribution in [3.63, 3.8) is 0 Å². The van der Waals surface area contributed by atoms with E-state index in [2.05, 4.69) is 44.0 Å². The maximum absolute atomic E-state index is 9.51. The number of nitrogens with zero attached hydrogens (tertiary/aromatic N) is 2. The molecule has 0 heterocycles. The Labute approximate surface area is 106 Å². The molecular weight excluding hydrogens is 210 g/mol. The lowest BCUT2D eigenvalue weighted by atomic mass is 9.93. The molecule has 0 aromatic carbocycles. The van der Waals surface area contributed by atoms with Crippen LogP contribution in [-0.4, -0.2) is 36.6 Å². The summed E-state index contributed by atoms with van der Waals surface area (Å²) in [5.41, 5.74) is -0.334. The number of hydrogen-bond donors (Lipinski definition) is 1. The summed E-state index contributed by atoms with van der Waals surface area (Å²) >= 11 is 0. The van der Waals surface area contributed by atoms with E-state index in [-0.39, 0.29) is 5.54 Å². The summed E-state index contributed by atoms with van der Waals surface area (Å²) in [4.78, 5) is 2.43. The zero-order valence-electron chi connectivity index (χ0n) is 12.0. The highest BCUT2D eigenvalue weighted by atomic mass is 15.2. The normalized spacial score (nSPS) is 19.7. The van der Waals surface area contributed by atoms with E-state index in [9.17, 15) is 5.26 Å². The predicted molar refractivity (Wildman–Crippen MR) is 71.7 cm³/mol. The van der Waals surface area contributed by atoms with Gasteiger partial charge in [0.25, 0.3) is 0 Å². The largest absolute Gasteiger partial charge is 0.301 e. The molecule has 0 radical (unpaired) electrons. The van der Waals surface area contributed by atoms with Crippen LogP contribution in [0.3, 0.4) is 0 Å². The Hall–Kier alpha value is -0.590. The summed E-state index contributed by atoms with van der Waals surface area (Å²) in [6.45, 7) is 10.8. The van der Waals surface area contributed by atoms with E-state index in [0.717, 1.165) is 13.1 Å². The minimum Gasteiger partial charge on any atom is -0.301 e. The molecule has 17 heavy (non-hydrogen) atoms. The second kappa shape index (κ2) is 5.84. The minimum atomic E-state index is -0.334. The highest BCUT2D eigenvalue weighted by molar-refractivity contribution is 5.16. The second-order valence-corrected chi connectivity index (χ2v) is 6.02. The van der Waals surface area contributed by atoms with Crippen molar-refractivity contribution in [1.82, 2.24) is 10.2 Å². The van der Waals surface area contributed by atoms with Crippen molar-refractivity contribution in [1.29, 1.82) is 5.26 Å². The first-order chi connectivity index (χ1) is 7.95. The monoisotopic (exact) mass is 237 g/mol. The lowest BCUT2D eigenvalue weighted by molar-refractivity contribution is 0.149. The topological polar surface area (TPSA) is 39.1 Å². The summed E-state index contributed by atoms with van der Waals surface area (Å²) in [5, 5.41) is 12.8. The van der Waals surface area contributed by atoms with Crippen molar-refractivity contribution in [2.45, 2.75) is 52.1 Å². The molecule has 1 unspecified atom stereocenters. The molecule has 98 valence electrons. The van der Waals surface area contributed by atoms with Crippen molar-refractivity contribution in [3.05, 3.63) is 0 Å². The zero-order valence-corrected chi connectivity index (χ0v) is 12.0. The van der Waals surface area contributed by atoms with Gasteiger partial charge in [-0.05, 0) is 45.6 Å². The summed E-state index contributed by atoms with van der Waals surface area (Å²) in [7, 11) is 1.93. The Balaban J connectivity index is 2.72. The van der Waals surface area contributed by atoms with Crippen molar-refractivity contribution >= 4 is 0 Å². The summed E-state index contributed by atoms with van der Waals surface area (Å²) in [5.74, 6) is 1.19. The Bertz CT molecular complexity index is 276. The minimum absolute atomic E-state index is 0.334. The number of nitriles is 1. The number of likely N-dealkylation sites (N-methyl/N-ethyl adjacent to an activating group) is 1. The van der Waals surface area contributed by atoms with Gasteiger partial charge < -0.3 is 5.32 Å². The van der Waals surface area contributed by atoms with Gasteiger partial charge in [-0.15, -0.1) is 0 Å². The van der Waals surface area contributed by atoms with Crippen LogP contribution in [0.4, 0.5) is 0 Å². The Morgan fingerprint density at radius 3 is 2.24 bits per heavy atom. The van der Waals surface area contributed by atoms with Gasteiger partial charge in [-0.3, -0.25) is 4.90 Å². The van der Waals surface area contributed by atoms with E-state index < -0.39 is 0 Å². The fraction of sp³-hybridized carbons (Fsp3) is 0.929. The molecule has 0 spiro atoms. The highest BCUT2D eigenvalue weighted by Gasteiger charge is 2.45. The molecule has 0 aromatic rings. The van der Waals surface area contributed by atoms with Crippen LogP contribution < -0.4 is 5.32 Å². The first kappa shape index (κ1) is 14.5. The van der Waals surface area contributed by atoms with E-state index in [4.69, 9.17) is 0 Å². The predicted octanol–water partition coefficient (Wildman–Crippen LogP) is 2.24. The van der Waals surface area contributed by atoms with E-state index in [1.807, 2.05) is 7.05 Å². The van der Waals surface area contributed by atoms with Crippen molar-refractivity contribution < 1.29 is 0 Å². The summed E-state index contributed by atoms with van der Waals surface area (Å²) in [6, 6.07) is 3.03. The van der Waals surface area contributed by atoms with Crippen LogP contribution in [0.2, 0.25) is 0 Å². The second-order valence-electron chi connectivity index (χ2n) is 6.02. The van der Waals surface area contributed by atoms with Gasteiger partial charge >= 0.3 is 0 Å². The van der Waals surface area contributed by atoms with Gasteiger partial charge in [-0.2, -0.15) is 5.26 Å². The smallest absolute Gasteiger partial charge is 0.122 e. The van der Waals surface area contributed by atoms with Crippen LogP contribution in [0.1, 0.15) is 40.5 Å². The van der Waals surface area contributed by atoms with Gasteiger partial charge in [0.2, 0.25) is 0 Å². The molecule has 0 aliphatic heterocycles. The lowest BCUT2D eigenvalue weighted by Crippen LogP contribution is -2.55. The molecule has 3 heteroatoms. The number of hydrogen-bond acceptors (Lipinski definition) is 3. The molecule has 0 aromatic heterocycles. The molecule has 1 N–H and O–H groups in total. The molecule has 1 rings (SSSR count). The van der Waals surface area contributed by atoms with E-state index in [1.54, 1.807) is 0 Å². The van der Waals surface area contributed by atoms with Gasteiger partial charge in [0, 0.05) is 19.1 Å². The lowest BCUT2D eigenvalue weighted by Gasteiger charge is -2.36. The van der Waals surface area contributed by atoms with Crippen molar-refractivity contribution in [2.24, 2.45) is 11.8 Å². The fourth-order valence-electron chi connectivity index (χ4n) is 2.42. The number of rotatable bonds is 7. The van der Waals surface area contributed by atoms with E-state index in [0.29, 0.717) is 17.9 Å². The van der Waals surface area contributed by atoms with Crippen LogP contribution in [0.25, 0.3) is 0 Å². The van der Waals surface area contributed by atoms with Gasteiger partial charge in [0.05, 0.1) is 6.07 Å². The molecule has 1 atom stereocenters. The fourth-order valence-corrected chi connectivity index (χ4v) is 2.42. The zero-order chi connectivity index (χ0) is 13.1. The quantitative estimate of drug-likeness (QED) is 0.738. The maximum Gasteiger partial charge on any atom is 0.122 e. The molecular formula is C14H27N3. The first-order valence-electron chi connectivity index (χ1n) is 6.79. The van der Waals surface area contributed by atoms with Crippen LogP contribution in [0, 0.1) is 23.2 Å². The third-order valence-corrected chi connectivity index (χ3v) is 3.70. The van der Waals surface area contributed by atoms with Crippen molar-refractivity contribution in [2.75, 3.05) is 20.1 Å². The third-order valence-electron chi connectivity index (χ3n) is 3.70. The van der Waals surface area contributed by atoms with Gasteiger partial charge in [0.15, 0.2) is 0 Å². The van der Waals surface area contributed by atoms with Gasteiger partial charge in [-0.1, -0.05) is 13.8 Å². The third kappa shape index (κ3) is 3.69. The average molecular weight is 237 g/mol. The van der Waals surface area contributed by atoms with Crippen LogP contribution >= 0.6 is 0 Å². The van der Waals surface area contributed by atoms with E-state index in [1.165, 1.54) is 12.8 Å². The summed E-state index contributed by atoms with van der Waals surface area (Å²) < 4.78 is 0. The van der Waals surface area contributed by atoms with E-state index >= 15 is 0 Å². The Kier molecular flexibility index (Phi) is 4.97. The van der Waals surface area contributed by atoms with Crippen LogP contribution in [0.5, 0.6) is 0 Å². The van der Waals surface area contributed by atoms with Crippen LogP contribution in [-0.2, 0) is 0 Å². The van der Waals surface area contributed by atoms with Gasteiger partial charge in [0.1, 0.15) is 5.54 Å².